The van der Waals surface area contributed by atoms with Crippen molar-refractivity contribution in [1.82, 2.24) is 20.4 Å². The summed E-state index contributed by atoms with van der Waals surface area (Å²) in [4.78, 5) is 14.1. The van der Waals surface area contributed by atoms with Gasteiger partial charge in [0.1, 0.15) is 0 Å². The van der Waals surface area contributed by atoms with Crippen LogP contribution in [-0.4, -0.2) is 61.4 Å². The molecule has 0 saturated carbocycles. The molecule has 0 atom stereocenters. The fourth-order valence-electron chi connectivity index (χ4n) is 1.87. The third kappa shape index (κ3) is 4.17. The fraction of sp³-hybridized carbons (Fsp3) is 0.429. The Balaban J connectivity index is 1.84. The highest BCUT2D eigenvalue weighted by atomic mass is 16.5. The van der Waals surface area contributed by atoms with E-state index in [0.717, 1.165) is 17.4 Å². The molecule has 0 saturated heterocycles. The van der Waals surface area contributed by atoms with Gasteiger partial charge in [-0.15, -0.1) is 0 Å². The van der Waals surface area contributed by atoms with Crippen molar-refractivity contribution < 1.29 is 9.53 Å². The van der Waals surface area contributed by atoms with Gasteiger partial charge in [-0.1, -0.05) is 0 Å². The summed E-state index contributed by atoms with van der Waals surface area (Å²) in [6, 6.07) is 5.31. The van der Waals surface area contributed by atoms with Crippen LogP contribution in [0.2, 0.25) is 0 Å². The summed E-state index contributed by atoms with van der Waals surface area (Å²) >= 11 is 0. The summed E-state index contributed by atoms with van der Waals surface area (Å²) in [5, 5.41) is 10.4. The molecule has 0 aliphatic carbocycles. The number of nitrogen functional groups attached to an aromatic ring is 1. The molecule has 2 aromatic rings. The molecule has 0 fully saturated rings. The number of benzene rings is 1. The number of nitrogens with one attached hydrogen (secondary N) is 2. The molecule has 114 valence electrons. The summed E-state index contributed by atoms with van der Waals surface area (Å²) in [5.41, 5.74) is 7.48. The Kier molecular flexibility index (Phi) is 5.13. The maximum Gasteiger partial charge on any atom is 0.272 e. The fourth-order valence-corrected chi connectivity index (χ4v) is 1.87. The monoisotopic (exact) mass is 291 g/mol. The zero-order valence-electron chi connectivity index (χ0n) is 12.3. The predicted molar refractivity (Wildman–Crippen MR) is 82.2 cm³/mol. The standard InChI is InChI=1S/C14H21N5O2/c1-19(2)6-8-21-7-5-16-14(20)13-11-9-10(15)3-4-12(11)17-18-13/h3-4,9H,5-8,15H2,1-2H3,(H,16,20)(H,17,18). The van der Waals surface area contributed by atoms with Crippen molar-refractivity contribution in [3.63, 3.8) is 0 Å². The molecule has 0 bridgehead atoms. The van der Waals surface area contributed by atoms with Gasteiger partial charge in [0.05, 0.1) is 18.7 Å². The number of rotatable bonds is 7. The number of likely N-dealkylation sites (N-methyl/N-ethyl adjacent to an activating group) is 1. The van der Waals surface area contributed by atoms with Crippen LogP contribution in [0.15, 0.2) is 18.2 Å². The first-order chi connectivity index (χ1) is 10.1. The molecular formula is C14H21N5O2. The molecule has 4 N–H and O–H groups in total. The van der Waals surface area contributed by atoms with E-state index in [0.29, 0.717) is 31.1 Å². The van der Waals surface area contributed by atoms with Crippen LogP contribution in [0.3, 0.4) is 0 Å². The minimum atomic E-state index is -0.233. The van der Waals surface area contributed by atoms with Gasteiger partial charge in [-0.25, -0.2) is 0 Å². The first kappa shape index (κ1) is 15.3. The van der Waals surface area contributed by atoms with E-state index < -0.39 is 0 Å². The topological polar surface area (TPSA) is 96.3 Å². The molecule has 1 aromatic heterocycles. The lowest BCUT2D eigenvalue weighted by molar-refractivity contribution is 0.0897. The highest BCUT2D eigenvalue weighted by Gasteiger charge is 2.13. The third-order valence-electron chi connectivity index (χ3n) is 3.02. The Hall–Kier alpha value is -2.12. The van der Waals surface area contributed by atoms with E-state index in [1.54, 1.807) is 18.2 Å². The van der Waals surface area contributed by atoms with Gasteiger partial charge in [0.2, 0.25) is 0 Å². The summed E-state index contributed by atoms with van der Waals surface area (Å²) in [6.07, 6.45) is 0. The molecule has 0 aliphatic heterocycles. The Bertz CT molecular complexity index is 608. The van der Waals surface area contributed by atoms with Crippen molar-refractivity contribution in [2.24, 2.45) is 0 Å². The van der Waals surface area contributed by atoms with Gasteiger partial charge in [0, 0.05) is 24.2 Å². The molecule has 1 amide bonds. The van der Waals surface area contributed by atoms with Crippen molar-refractivity contribution in [3.05, 3.63) is 23.9 Å². The van der Waals surface area contributed by atoms with Crippen LogP contribution < -0.4 is 11.1 Å². The summed E-state index contributed by atoms with van der Waals surface area (Å²) < 4.78 is 5.41. The van der Waals surface area contributed by atoms with E-state index in [2.05, 4.69) is 15.5 Å². The van der Waals surface area contributed by atoms with Crippen molar-refractivity contribution in [3.8, 4) is 0 Å². The van der Waals surface area contributed by atoms with E-state index in [-0.39, 0.29) is 5.91 Å². The van der Waals surface area contributed by atoms with Crippen LogP contribution in [0.1, 0.15) is 10.5 Å². The van der Waals surface area contributed by atoms with E-state index in [9.17, 15) is 4.79 Å². The number of anilines is 1. The van der Waals surface area contributed by atoms with E-state index in [4.69, 9.17) is 10.5 Å². The molecule has 7 heteroatoms. The van der Waals surface area contributed by atoms with Crippen molar-refractivity contribution in [2.75, 3.05) is 46.1 Å². The smallest absolute Gasteiger partial charge is 0.272 e. The van der Waals surface area contributed by atoms with Crippen molar-refractivity contribution >= 4 is 22.5 Å². The minimum absolute atomic E-state index is 0.233. The highest BCUT2D eigenvalue weighted by molar-refractivity contribution is 6.05. The van der Waals surface area contributed by atoms with Crippen LogP contribution in [0, 0.1) is 0 Å². The number of carbonyl (C=O) groups is 1. The normalized spacial score (nSPS) is 11.2. The molecule has 1 aromatic carbocycles. The number of hydrogen-bond acceptors (Lipinski definition) is 5. The number of nitrogens with zero attached hydrogens (tertiary/aromatic N) is 2. The molecule has 0 aliphatic rings. The number of aromatic nitrogens is 2. The Morgan fingerprint density at radius 1 is 1.43 bits per heavy atom. The van der Waals surface area contributed by atoms with Crippen LogP contribution in [-0.2, 0) is 4.74 Å². The van der Waals surface area contributed by atoms with E-state index in [1.165, 1.54) is 0 Å². The second-order valence-electron chi connectivity index (χ2n) is 5.05. The summed E-state index contributed by atoms with van der Waals surface area (Å²) in [6.45, 7) is 2.43. The number of fused-ring (bicyclic) bond motifs is 1. The van der Waals surface area contributed by atoms with Gasteiger partial charge < -0.3 is 20.7 Å². The van der Waals surface area contributed by atoms with Gasteiger partial charge >= 0.3 is 0 Å². The van der Waals surface area contributed by atoms with Gasteiger partial charge in [0.25, 0.3) is 5.91 Å². The van der Waals surface area contributed by atoms with Gasteiger partial charge in [-0.2, -0.15) is 5.10 Å². The molecule has 0 spiro atoms. The number of ether oxygens (including phenoxy) is 1. The lowest BCUT2D eigenvalue weighted by atomic mass is 10.2. The number of carbonyl (C=O) groups excluding carboxylic acids is 1. The molecule has 0 radical (unpaired) electrons. The number of aromatic amines is 1. The van der Waals surface area contributed by atoms with Crippen molar-refractivity contribution in [2.45, 2.75) is 0 Å². The van der Waals surface area contributed by atoms with Crippen LogP contribution in [0.25, 0.3) is 10.9 Å². The first-order valence-electron chi connectivity index (χ1n) is 6.82. The molecule has 7 nitrogen and oxygen atoms in total. The molecule has 0 unspecified atom stereocenters. The average Bonchev–Trinajstić information content (AvgIpc) is 2.85. The van der Waals surface area contributed by atoms with Crippen LogP contribution in [0.4, 0.5) is 5.69 Å². The van der Waals surface area contributed by atoms with E-state index >= 15 is 0 Å². The Morgan fingerprint density at radius 3 is 3.00 bits per heavy atom. The van der Waals surface area contributed by atoms with Gasteiger partial charge in [-0.05, 0) is 32.3 Å². The summed E-state index contributed by atoms with van der Waals surface area (Å²) in [7, 11) is 3.97. The number of hydrogen-bond donors (Lipinski definition) is 3. The molecule has 21 heavy (non-hydrogen) atoms. The predicted octanol–water partition coefficient (Wildman–Crippen LogP) is 0.453. The first-order valence-corrected chi connectivity index (χ1v) is 6.82. The van der Waals surface area contributed by atoms with Crippen LogP contribution in [0.5, 0.6) is 0 Å². The number of H-pyrrole nitrogens is 1. The summed E-state index contributed by atoms with van der Waals surface area (Å²) in [5.74, 6) is -0.233. The highest BCUT2D eigenvalue weighted by Crippen LogP contribution is 2.18. The third-order valence-corrected chi connectivity index (χ3v) is 3.02. The minimum Gasteiger partial charge on any atom is -0.399 e. The number of amides is 1. The molecule has 2 rings (SSSR count). The Labute approximate surface area is 123 Å². The zero-order valence-corrected chi connectivity index (χ0v) is 12.3. The molecule has 1 heterocycles. The van der Waals surface area contributed by atoms with Crippen LogP contribution >= 0.6 is 0 Å². The second-order valence-corrected chi connectivity index (χ2v) is 5.05. The average molecular weight is 291 g/mol. The zero-order chi connectivity index (χ0) is 15.2. The lowest BCUT2D eigenvalue weighted by Gasteiger charge is -2.10. The van der Waals surface area contributed by atoms with Crippen molar-refractivity contribution in [1.29, 1.82) is 0 Å². The van der Waals surface area contributed by atoms with Gasteiger partial charge in [0.15, 0.2) is 5.69 Å². The van der Waals surface area contributed by atoms with Gasteiger partial charge in [-0.3, -0.25) is 9.89 Å². The SMILES string of the molecule is CN(C)CCOCCNC(=O)c1n[nH]c2ccc(N)cc12. The molecular weight excluding hydrogens is 270 g/mol. The quantitative estimate of drug-likeness (QED) is 0.508. The number of nitrogens with two attached hydrogens (primary N) is 1. The Morgan fingerprint density at radius 2 is 2.24 bits per heavy atom. The maximum absolute atomic E-state index is 12.1. The van der Waals surface area contributed by atoms with E-state index in [1.807, 2.05) is 19.0 Å². The lowest BCUT2D eigenvalue weighted by Crippen LogP contribution is -2.28. The maximum atomic E-state index is 12.1. The second kappa shape index (κ2) is 7.05. The largest absolute Gasteiger partial charge is 0.399 e.